The molecule has 0 radical (unpaired) electrons. The molecule has 0 aliphatic carbocycles. The molecule has 7 amide bonds. The number of pyridine rings is 1. The normalized spacial score (nSPS) is 10.6. The third kappa shape index (κ3) is 12.0. The van der Waals surface area contributed by atoms with Crippen molar-refractivity contribution in [2.24, 2.45) is 5.10 Å². The molecule has 0 spiro atoms. The first kappa shape index (κ1) is 30.4. The first-order chi connectivity index (χ1) is 17.4. The zero-order valence-electron chi connectivity index (χ0n) is 19.9. The maximum absolute atomic E-state index is 11.9. The van der Waals surface area contributed by atoms with Gasteiger partial charge in [-0.1, -0.05) is 6.07 Å². The number of rotatable bonds is 12. The number of carbonyl (C=O) groups is 6. The average molecular weight is 525 g/mol. The van der Waals surface area contributed by atoms with E-state index in [1.54, 1.807) is 31.3 Å². The monoisotopic (exact) mass is 525 g/mol. The predicted molar refractivity (Wildman–Crippen MR) is 120 cm³/mol. The summed E-state index contributed by atoms with van der Waals surface area (Å²) in [5, 5.41) is 38.6. The number of amides is 7. The summed E-state index contributed by atoms with van der Waals surface area (Å²) in [5.41, 5.74) is 3.05. The maximum atomic E-state index is 11.9. The first-order valence-corrected chi connectivity index (χ1v) is 10.4. The molecular formula is C19H27N9O9. The first-order valence-electron chi connectivity index (χ1n) is 10.4. The SMILES string of the molecule is CC(=O)N(O)CNC(=O)CC(=O)N(O)CNC(=O)CC(=O)N(O)CNC(=O)N/N=C(\C)c1ccccn1. The van der Waals surface area contributed by atoms with E-state index in [9.17, 15) is 39.2 Å². The van der Waals surface area contributed by atoms with Crippen molar-refractivity contribution in [1.82, 2.24) is 41.5 Å². The fraction of sp³-hybridized carbons (Fsp3) is 0.368. The summed E-state index contributed by atoms with van der Waals surface area (Å²) in [6, 6.07) is 4.24. The highest BCUT2D eigenvalue weighted by atomic mass is 16.5. The molecule has 0 saturated carbocycles. The van der Waals surface area contributed by atoms with Gasteiger partial charge in [0.25, 0.3) is 11.8 Å². The standard InChI is InChI=1S/C19H27N9O9/c1-12(14-5-3-4-6-20-14)24-25-19(34)23-11-28(37)18(33)8-16(31)22-10-27(36)17(32)7-15(30)21-9-26(35)13(2)29/h3-6,35-37H,7-11H2,1-2H3,(H,21,30)(H,22,31)(H2,23,25,34)/b24-12+. The molecular weight excluding hydrogens is 498 g/mol. The van der Waals surface area contributed by atoms with E-state index in [1.165, 1.54) is 0 Å². The molecule has 0 atom stereocenters. The molecule has 1 heterocycles. The van der Waals surface area contributed by atoms with E-state index in [-0.39, 0.29) is 15.2 Å². The van der Waals surface area contributed by atoms with Crippen LogP contribution in [0.4, 0.5) is 4.79 Å². The summed E-state index contributed by atoms with van der Waals surface area (Å²) in [6.07, 6.45) is -0.239. The summed E-state index contributed by atoms with van der Waals surface area (Å²) < 4.78 is 0. The van der Waals surface area contributed by atoms with Gasteiger partial charge in [-0.25, -0.2) is 25.4 Å². The molecule has 1 aromatic rings. The quantitative estimate of drug-likeness (QED) is 0.0504. The Labute approximate surface area is 209 Å². The van der Waals surface area contributed by atoms with Gasteiger partial charge in [-0.3, -0.25) is 44.6 Å². The minimum absolute atomic E-state index is 0.0142. The molecule has 0 aromatic carbocycles. The van der Waals surface area contributed by atoms with Crippen LogP contribution in [0.3, 0.4) is 0 Å². The van der Waals surface area contributed by atoms with Gasteiger partial charge in [0.1, 0.15) is 32.8 Å². The Morgan fingerprint density at radius 3 is 1.81 bits per heavy atom. The van der Waals surface area contributed by atoms with E-state index in [0.29, 0.717) is 11.4 Å². The molecule has 0 saturated heterocycles. The van der Waals surface area contributed by atoms with Crippen molar-refractivity contribution in [3.8, 4) is 0 Å². The number of nitrogens with one attached hydrogen (secondary N) is 4. The molecule has 18 nitrogen and oxygen atoms in total. The Morgan fingerprint density at radius 2 is 1.32 bits per heavy atom. The van der Waals surface area contributed by atoms with Gasteiger partial charge in [0, 0.05) is 13.1 Å². The van der Waals surface area contributed by atoms with Gasteiger partial charge in [-0.15, -0.1) is 0 Å². The van der Waals surface area contributed by atoms with Crippen LogP contribution < -0.4 is 21.4 Å². The van der Waals surface area contributed by atoms with Crippen LogP contribution in [0.15, 0.2) is 29.5 Å². The lowest BCUT2D eigenvalue weighted by molar-refractivity contribution is -0.170. The molecule has 0 bridgehead atoms. The second kappa shape index (κ2) is 15.3. The number of carbonyl (C=O) groups excluding carboxylic acids is 6. The predicted octanol–water partition coefficient (Wildman–Crippen LogP) is -2.34. The van der Waals surface area contributed by atoms with Crippen molar-refractivity contribution < 1.29 is 44.4 Å². The minimum Gasteiger partial charge on any atom is -0.336 e. The van der Waals surface area contributed by atoms with Crippen molar-refractivity contribution >= 4 is 41.3 Å². The molecule has 37 heavy (non-hydrogen) atoms. The van der Waals surface area contributed by atoms with Gasteiger partial charge in [0.2, 0.25) is 17.7 Å². The summed E-state index contributed by atoms with van der Waals surface area (Å²) in [5.74, 6) is -4.96. The van der Waals surface area contributed by atoms with Crippen LogP contribution in [0.2, 0.25) is 0 Å². The molecule has 7 N–H and O–H groups in total. The highest BCUT2D eigenvalue weighted by Crippen LogP contribution is 1.96. The van der Waals surface area contributed by atoms with Gasteiger partial charge in [-0.05, 0) is 19.1 Å². The molecule has 0 aliphatic heterocycles. The number of hydrogen-bond acceptors (Lipinski definition) is 11. The van der Waals surface area contributed by atoms with E-state index < -0.39 is 68.4 Å². The van der Waals surface area contributed by atoms with Crippen molar-refractivity contribution in [3.05, 3.63) is 30.1 Å². The number of hydroxylamine groups is 6. The molecule has 1 rings (SSSR count). The summed E-state index contributed by atoms with van der Waals surface area (Å²) in [4.78, 5) is 73.6. The summed E-state index contributed by atoms with van der Waals surface area (Å²) in [6.45, 7) is 0.561. The van der Waals surface area contributed by atoms with Crippen molar-refractivity contribution in [2.75, 3.05) is 20.0 Å². The van der Waals surface area contributed by atoms with E-state index in [0.717, 1.165) is 6.92 Å². The average Bonchev–Trinajstić information content (AvgIpc) is 2.87. The topological polar surface area (TPSA) is 246 Å². The Balaban J connectivity index is 2.33. The van der Waals surface area contributed by atoms with Crippen molar-refractivity contribution in [3.63, 3.8) is 0 Å². The number of nitrogens with zero attached hydrogens (tertiary/aromatic N) is 5. The lowest BCUT2D eigenvalue weighted by atomic mass is 10.3. The number of hydrazone groups is 1. The Bertz CT molecular complexity index is 1020. The lowest BCUT2D eigenvalue weighted by Gasteiger charge is -2.18. The summed E-state index contributed by atoms with van der Waals surface area (Å²) >= 11 is 0. The van der Waals surface area contributed by atoms with Gasteiger partial charge in [0.05, 0.1) is 11.4 Å². The van der Waals surface area contributed by atoms with Crippen LogP contribution in [0, 0.1) is 0 Å². The molecule has 0 unspecified atom stereocenters. The fourth-order valence-corrected chi connectivity index (χ4v) is 2.15. The van der Waals surface area contributed by atoms with E-state index in [2.05, 4.69) is 20.8 Å². The van der Waals surface area contributed by atoms with Crippen LogP contribution >= 0.6 is 0 Å². The van der Waals surface area contributed by atoms with Gasteiger partial charge in [-0.2, -0.15) is 5.10 Å². The third-order valence-corrected chi connectivity index (χ3v) is 4.16. The van der Waals surface area contributed by atoms with Gasteiger partial charge < -0.3 is 16.0 Å². The number of aromatic nitrogens is 1. The lowest BCUT2D eigenvalue weighted by Crippen LogP contribution is -2.45. The zero-order chi connectivity index (χ0) is 28.0. The van der Waals surface area contributed by atoms with Crippen molar-refractivity contribution in [2.45, 2.75) is 26.7 Å². The molecule has 1 aromatic heterocycles. The Morgan fingerprint density at radius 1 is 0.811 bits per heavy atom. The molecule has 0 fully saturated rings. The second-order valence-corrected chi connectivity index (χ2v) is 7.06. The van der Waals surface area contributed by atoms with Crippen molar-refractivity contribution in [1.29, 1.82) is 0 Å². The number of urea groups is 1. The highest BCUT2D eigenvalue weighted by molar-refractivity contribution is 5.98. The summed E-state index contributed by atoms with van der Waals surface area (Å²) in [7, 11) is 0. The zero-order valence-corrected chi connectivity index (χ0v) is 19.9. The second-order valence-electron chi connectivity index (χ2n) is 7.06. The maximum Gasteiger partial charge on any atom is 0.336 e. The molecule has 0 aliphatic rings. The minimum atomic E-state index is -1.14. The van der Waals surface area contributed by atoms with Gasteiger partial charge >= 0.3 is 6.03 Å². The molecule has 18 heteroatoms. The van der Waals surface area contributed by atoms with Crippen LogP contribution in [-0.2, 0) is 24.0 Å². The smallest absolute Gasteiger partial charge is 0.336 e. The van der Waals surface area contributed by atoms with Crippen LogP contribution in [0.5, 0.6) is 0 Å². The fourth-order valence-electron chi connectivity index (χ4n) is 2.15. The number of hydrogen-bond donors (Lipinski definition) is 7. The molecule has 202 valence electrons. The Kier molecular flexibility index (Phi) is 12.6. The van der Waals surface area contributed by atoms with Crippen LogP contribution in [0.25, 0.3) is 0 Å². The third-order valence-electron chi connectivity index (χ3n) is 4.16. The van der Waals surface area contributed by atoms with E-state index in [4.69, 9.17) is 5.21 Å². The van der Waals surface area contributed by atoms with Gasteiger partial charge in [0.15, 0.2) is 0 Å². The van der Waals surface area contributed by atoms with E-state index >= 15 is 0 Å². The van der Waals surface area contributed by atoms with Crippen LogP contribution in [0.1, 0.15) is 32.4 Å². The van der Waals surface area contributed by atoms with Crippen LogP contribution in [-0.4, -0.2) is 97.1 Å². The largest absolute Gasteiger partial charge is 0.336 e. The van der Waals surface area contributed by atoms with E-state index in [1.807, 2.05) is 10.6 Å². The Hall–Kier alpha value is -4.68. The highest BCUT2D eigenvalue weighted by Gasteiger charge is 2.20.